The molecule has 5 aliphatic rings. The van der Waals surface area contributed by atoms with E-state index < -0.39 is 47.7 Å². The number of ether oxygens (including phenoxy) is 2. The molecule has 3 heterocycles. The molecule has 10 bridgehead atoms. The number of hydrogen-bond donors (Lipinski definition) is 6. The normalized spacial score (nSPS) is 30.0. The lowest BCUT2D eigenvalue weighted by Crippen LogP contribution is -2.59. The van der Waals surface area contributed by atoms with E-state index in [9.17, 15) is 39.9 Å². The second-order valence-corrected chi connectivity index (χ2v) is 17.0. The van der Waals surface area contributed by atoms with Crippen LogP contribution >= 0.6 is 0 Å². The van der Waals surface area contributed by atoms with E-state index in [4.69, 9.17) is 9.47 Å². The first-order valence-electron chi connectivity index (χ1n) is 20.5. The van der Waals surface area contributed by atoms with Crippen LogP contribution in [0.3, 0.4) is 0 Å². The lowest BCUT2D eigenvalue weighted by Gasteiger charge is -2.52. The summed E-state index contributed by atoms with van der Waals surface area (Å²) in [5, 5.41) is 59.7. The summed E-state index contributed by atoms with van der Waals surface area (Å²) in [5.41, 5.74) is 3.17. The Morgan fingerprint density at radius 1 is 0.948 bits per heavy atom. The summed E-state index contributed by atoms with van der Waals surface area (Å²) in [4.78, 5) is 41.5. The smallest absolute Gasteiger partial charge is 0.334 e. The number of anilines is 1. The summed E-state index contributed by atoms with van der Waals surface area (Å²) in [5.74, 6) is 3.29. The van der Waals surface area contributed by atoms with Gasteiger partial charge in [-0.1, -0.05) is 48.6 Å². The molecule has 6 N–H and O–H groups in total. The zero-order valence-electron chi connectivity index (χ0n) is 32.7. The molecule has 0 saturated heterocycles. The minimum atomic E-state index is -1.56. The van der Waals surface area contributed by atoms with Gasteiger partial charge in [-0.15, -0.1) is 0 Å². The fourth-order valence-corrected chi connectivity index (χ4v) is 10.1. The van der Waals surface area contributed by atoms with E-state index in [0.29, 0.717) is 53.6 Å². The van der Waals surface area contributed by atoms with Crippen LogP contribution in [0.4, 0.5) is 5.69 Å². The summed E-state index contributed by atoms with van der Waals surface area (Å²) in [6.45, 7) is 1.61. The van der Waals surface area contributed by atoms with Gasteiger partial charge in [0.15, 0.2) is 0 Å². The summed E-state index contributed by atoms with van der Waals surface area (Å²) < 4.78 is 12.1. The van der Waals surface area contributed by atoms with Crippen molar-refractivity contribution in [2.24, 2.45) is 17.8 Å². The molecule has 0 spiro atoms. The minimum absolute atomic E-state index is 0.0334. The molecule has 3 aromatic rings. The monoisotopic (exact) mass is 789 g/mol. The molecule has 0 amide bonds. The van der Waals surface area contributed by atoms with Gasteiger partial charge in [0.2, 0.25) is 0 Å². The highest BCUT2D eigenvalue weighted by Crippen LogP contribution is 2.51. The van der Waals surface area contributed by atoms with Crippen molar-refractivity contribution < 1.29 is 49.4 Å². The number of Topliss-reactive ketones (excluding diaryl/α,β-unsaturated/α-hetero) is 1. The molecule has 9 unspecified atom stereocenters. The van der Waals surface area contributed by atoms with E-state index in [1.165, 1.54) is 12.1 Å². The molecule has 58 heavy (non-hydrogen) atoms. The van der Waals surface area contributed by atoms with Gasteiger partial charge in [0.05, 0.1) is 31.2 Å². The third-order valence-corrected chi connectivity index (χ3v) is 12.9. The van der Waals surface area contributed by atoms with Gasteiger partial charge in [-0.2, -0.15) is 0 Å². The van der Waals surface area contributed by atoms with Gasteiger partial charge in [0.1, 0.15) is 29.0 Å². The molecular formula is C47H51NO10. The van der Waals surface area contributed by atoms with E-state index in [1.807, 2.05) is 30.3 Å². The number of carbonyl (C=O) groups is 3. The van der Waals surface area contributed by atoms with Crippen molar-refractivity contribution in [3.05, 3.63) is 99.6 Å². The number of carbonyl (C=O) groups excluding carboxylic acids is 3. The number of nitrogens with one attached hydrogen (secondary N) is 1. The van der Waals surface area contributed by atoms with E-state index in [1.54, 1.807) is 25.1 Å². The average Bonchev–Trinajstić information content (AvgIpc) is 3.19. The Morgan fingerprint density at radius 2 is 1.74 bits per heavy atom. The number of rotatable bonds is 5. The first-order valence-corrected chi connectivity index (χ1v) is 20.5. The Balaban J connectivity index is 1.32. The summed E-state index contributed by atoms with van der Waals surface area (Å²) in [6, 6.07) is 16.3. The van der Waals surface area contributed by atoms with Crippen molar-refractivity contribution >= 4 is 23.4 Å². The number of aromatic hydroxyl groups is 1. The van der Waals surface area contributed by atoms with Crippen LogP contribution in [0.5, 0.6) is 11.5 Å². The van der Waals surface area contributed by atoms with Crippen molar-refractivity contribution in [3.8, 4) is 23.3 Å². The SMILES string of the molecule is CC(O)CNc1cc(CO)cc(C2C#CC3CC(=O)Oc4cc(O)c(cc43)CC3OC(=O)C(=CC(O)Cc4cccc(c4)CC4C(=O)CCC5C4CCCC35O)C2)c1. The summed E-state index contributed by atoms with van der Waals surface area (Å²) >= 11 is 0. The predicted octanol–water partition coefficient (Wildman–Crippen LogP) is 4.93. The number of aliphatic hydroxyl groups is 4. The molecule has 0 radical (unpaired) electrons. The van der Waals surface area contributed by atoms with E-state index in [-0.39, 0.29) is 85.9 Å². The number of ketones is 1. The maximum atomic E-state index is 14.8. The average molecular weight is 790 g/mol. The minimum Gasteiger partial charge on any atom is -0.508 e. The molecule has 3 aromatic carbocycles. The lowest BCUT2D eigenvalue weighted by atomic mass is 9.56. The summed E-state index contributed by atoms with van der Waals surface area (Å²) in [7, 11) is 0. The molecule has 8 rings (SSSR count). The molecule has 0 aromatic heterocycles. The van der Waals surface area contributed by atoms with E-state index in [0.717, 1.165) is 17.5 Å². The van der Waals surface area contributed by atoms with Crippen LogP contribution in [-0.4, -0.2) is 73.7 Å². The molecule has 2 saturated carbocycles. The van der Waals surface area contributed by atoms with Gasteiger partial charge in [-0.25, -0.2) is 4.79 Å². The number of benzene rings is 3. The zero-order chi connectivity index (χ0) is 40.7. The number of phenols is 1. The van der Waals surface area contributed by atoms with Gasteiger partial charge in [0.25, 0.3) is 0 Å². The van der Waals surface area contributed by atoms with Crippen molar-refractivity contribution in [3.63, 3.8) is 0 Å². The topological polar surface area (TPSA) is 183 Å². The highest BCUT2D eigenvalue weighted by atomic mass is 16.6. The van der Waals surface area contributed by atoms with Crippen molar-refractivity contribution in [1.29, 1.82) is 0 Å². The first kappa shape index (κ1) is 39.8. The van der Waals surface area contributed by atoms with E-state index in [2.05, 4.69) is 17.2 Å². The van der Waals surface area contributed by atoms with Gasteiger partial charge < -0.3 is 40.3 Å². The Kier molecular flexibility index (Phi) is 11.2. The highest BCUT2D eigenvalue weighted by Gasteiger charge is 2.55. The fourth-order valence-electron chi connectivity index (χ4n) is 10.1. The number of esters is 2. The molecule has 2 aliphatic carbocycles. The molecule has 304 valence electrons. The van der Waals surface area contributed by atoms with Gasteiger partial charge in [-0.3, -0.25) is 9.59 Å². The van der Waals surface area contributed by atoms with Crippen LogP contribution in [0.2, 0.25) is 0 Å². The number of aliphatic hydroxyl groups excluding tert-OH is 3. The van der Waals surface area contributed by atoms with Crippen LogP contribution in [0, 0.1) is 29.6 Å². The highest BCUT2D eigenvalue weighted by molar-refractivity contribution is 5.89. The first-order chi connectivity index (χ1) is 27.9. The maximum Gasteiger partial charge on any atom is 0.334 e. The van der Waals surface area contributed by atoms with Crippen molar-refractivity contribution in [1.82, 2.24) is 0 Å². The van der Waals surface area contributed by atoms with Crippen molar-refractivity contribution in [2.45, 2.75) is 113 Å². The zero-order valence-corrected chi connectivity index (χ0v) is 32.7. The van der Waals surface area contributed by atoms with Gasteiger partial charge in [-0.05, 0) is 103 Å². The molecule has 3 aliphatic heterocycles. The molecule has 11 heteroatoms. The molecule has 9 atom stereocenters. The molecule has 11 nitrogen and oxygen atoms in total. The van der Waals surface area contributed by atoms with Gasteiger partial charge in [0, 0.05) is 60.5 Å². The number of fused-ring (bicyclic) bond motifs is 7. The lowest BCUT2D eigenvalue weighted by molar-refractivity contribution is -0.191. The van der Waals surface area contributed by atoms with E-state index >= 15 is 0 Å². The van der Waals surface area contributed by atoms with Crippen LogP contribution in [0.25, 0.3) is 0 Å². The van der Waals surface area contributed by atoms with Gasteiger partial charge >= 0.3 is 11.9 Å². The Labute approximate surface area is 338 Å². The van der Waals surface area contributed by atoms with Crippen molar-refractivity contribution in [2.75, 3.05) is 11.9 Å². The Bertz CT molecular complexity index is 2200. The Hall–Kier alpha value is -4.99. The fraction of sp³-hybridized carbons (Fsp3) is 0.468. The second-order valence-electron chi connectivity index (χ2n) is 17.0. The quantitative estimate of drug-likeness (QED) is 0.117. The van der Waals surface area contributed by atoms with Crippen LogP contribution in [-0.2, 0) is 45.0 Å². The standard InChI is InChI=1S/C47H51NO10/c1-26(50)24-48-35-14-29(25-49)13-32(18-35)30-7-8-31-22-45(54)57-43-23-42(53)33(20-38(31)43)21-44-47(56)11-3-6-37-39(41(52)10-9-40(37)47)16-28-5-2-4-27(12-28)15-36(51)19-34(17-30)46(55)58-44/h2,4-5,12-14,18-20,23,26,30-31,36-37,39-40,44,48-51,53,56H,3,6,9-11,15-17,21-22,24-25H2,1H3. The summed E-state index contributed by atoms with van der Waals surface area (Å²) in [6.07, 6.45) is 1.46. The Morgan fingerprint density at radius 3 is 2.53 bits per heavy atom. The van der Waals surface area contributed by atoms with Crippen LogP contribution in [0.1, 0.15) is 97.1 Å². The third-order valence-electron chi connectivity index (χ3n) is 12.9. The molecular weight excluding hydrogens is 739 g/mol. The van der Waals surface area contributed by atoms with Crippen LogP contribution < -0.4 is 10.1 Å². The number of phenolic OH excluding ortho intramolecular Hbond substituents is 1. The third kappa shape index (κ3) is 8.16. The second kappa shape index (κ2) is 16.3. The molecule has 2 fully saturated rings. The number of hydrogen-bond acceptors (Lipinski definition) is 11. The maximum absolute atomic E-state index is 14.8. The predicted molar refractivity (Wildman–Crippen MR) is 214 cm³/mol. The van der Waals surface area contributed by atoms with Crippen LogP contribution in [0.15, 0.2) is 66.2 Å². The largest absolute Gasteiger partial charge is 0.508 e.